The van der Waals surface area contributed by atoms with Gasteiger partial charge < -0.3 is 34.6 Å². The number of ether oxygens (including phenoxy) is 3. The highest BCUT2D eigenvalue weighted by molar-refractivity contribution is 4.91. The van der Waals surface area contributed by atoms with Crippen LogP contribution in [0.15, 0.2) is 0 Å². The molecule has 0 bridgehead atoms. The molecule has 144 valence electrons. The number of hydrogen-bond donors (Lipinski definition) is 4. The average Bonchev–Trinajstić information content (AvgIpc) is 2.61. The van der Waals surface area contributed by atoms with Gasteiger partial charge in [-0.1, -0.05) is 27.2 Å². The second kappa shape index (κ2) is 10.7. The maximum Gasteiger partial charge on any atom is 0.186 e. The van der Waals surface area contributed by atoms with Crippen molar-refractivity contribution in [1.82, 2.24) is 0 Å². The molecule has 7 nitrogen and oxygen atoms in total. The Hall–Kier alpha value is -0.280. The molecule has 1 rings (SSSR count). The smallest absolute Gasteiger partial charge is 0.186 e. The Labute approximate surface area is 144 Å². The number of aliphatic hydroxyl groups is 4. The Morgan fingerprint density at radius 2 is 1.75 bits per heavy atom. The minimum Gasteiger partial charge on any atom is -0.396 e. The van der Waals surface area contributed by atoms with Crippen LogP contribution in [0.25, 0.3) is 0 Å². The van der Waals surface area contributed by atoms with Gasteiger partial charge in [0.1, 0.15) is 24.4 Å². The predicted molar refractivity (Wildman–Crippen MR) is 88.4 cm³/mol. The van der Waals surface area contributed by atoms with Crippen LogP contribution < -0.4 is 0 Å². The molecule has 8 unspecified atom stereocenters. The first-order valence-corrected chi connectivity index (χ1v) is 8.84. The van der Waals surface area contributed by atoms with E-state index >= 15 is 0 Å². The van der Waals surface area contributed by atoms with E-state index in [1.54, 1.807) is 0 Å². The fourth-order valence-electron chi connectivity index (χ4n) is 3.11. The number of aliphatic hydroxyl groups excluding tert-OH is 4. The molecular weight excluding hydrogens is 316 g/mol. The SMILES string of the molecule is CCC(CC(CO)C(C)CC)OC1C(CO)OC(OC)C(O)C1O. The first kappa shape index (κ1) is 21.8. The first-order chi connectivity index (χ1) is 11.4. The van der Waals surface area contributed by atoms with Crippen LogP contribution in [-0.2, 0) is 14.2 Å². The topological polar surface area (TPSA) is 109 Å². The normalized spacial score (nSPS) is 34.8. The van der Waals surface area contributed by atoms with Crippen LogP contribution >= 0.6 is 0 Å². The van der Waals surface area contributed by atoms with Gasteiger partial charge in [0.2, 0.25) is 0 Å². The zero-order valence-electron chi connectivity index (χ0n) is 15.2. The van der Waals surface area contributed by atoms with Crippen LogP contribution in [0, 0.1) is 11.8 Å². The summed E-state index contributed by atoms with van der Waals surface area (Å²) in [4.78, 5) is 0. The summed E-state index contributed by atoms with van der Waals surface area (Å²) in [5.74, 6) is 0.461. The van der Waals surface area contributed by atoms with Crippen molar-refractivity contribution >= 4 is 0 Å². The Morgan fingerprint density at radius 1 is 1.08 bits per heavy atom. The van der Waals surface area contributed by atoms with Crippen LogP contribution in [0.5, 0.6) is 0 Å². The van der Waals surface area contributed by atoms with E-state index in [2.05, 4.69) is 13.8 Å². The molecule has 0 radical (unpaired) electrons. The predicted octanol–water partition coefficient (Wildman–Crippen LogP) is 0.280. The molecule has 4 N–H and O–H groups in total. The molecular formula is C17H34O7. The highest BCUT2D eigenvalue weighted by Crippen LogP contribution is 2.28. The van der Waals surface area contributed by atoms with Crippen molar-refractivity contribution in [3.63, 3.8) is 0 Å². The van der Waals surface area contributed by atoms with Gasteiger partial charge in [-0.15, -0.1) is 0 Å². The van der Waals surface area contributed by atoms with Gasteiger partial charge in [0.25, 0.3) is 0 Å². The lowest BCUT2D eigenvalue weighted by Gasteiger charge is -2.43. The molecule has 1 aliphatic heterocycles. The molecule has 7 heteroatoms. The van der Waals surface area contributed by atoms with Crippen LogP contribution in [0.1, 0.15) is 40.0 Å². The van der Waals surface area contributed by atoms with E-state index in [1.165, 1.54) is 7.11 Å². The summed E-state index contributed by atoms with van der Waals surface area (Å²) in [6.07, 6.45) is -3.00. The van der Waals surface area contributed by atoms with Crippen molar-refractivity contribution in [1.29, 1.82) is 0 Å². The lowest BCUT2D eigenvalue weighted by Crippen LogP contribution is -2.60. The van der Waals surface area contributed by atoms with E-state index < -0.39 is 30.7 Å². The third-order valence-electron chi connectivity index (χ3n) is 5.11. The number of methoxy groups -OCH3 is 1. The molecule has 0 aromatic rings. The highest BCUT2D eigenvalue weighted by atomic mass is 16.7. The minimum absolute atomic E-state index is 0.0798. The molecule has 1 heterocycles. The monoisotopic (exact) mass is 350 g/mol. The van der Waals surface area contributed by atoms with Crippen LogP contribution in [0.2, 0.25) is 0 Å². The average molecular weight is 350 g/mol. The van der Waals surface area contributed by atoms with E-state index in [4.69, 9.17) is 14.2 Å². The quantitative estimate of drug-likeness (QED) is 0.448. The molecule has 0 saturated carbocycles. The molecule has 0 aromatic carbocycles. The molecule has 1 fully saturated rings. The van der Waals surface area contributed by atoms with Crippen molar-refractivity contribution in [2.75, 3.05) is 20.3 Å². The van der Waals surface area contributed by atoms with Gasteiger partial charge in [0.05, 0.1) is 12.7 Å². The van der Waals surface area contributed by atoms with Crippen LogP contribution in [0.4, 0.5) is 0 Å². The van der Waals surface area contributed by atoms with Gasteiger partial charge in [-0.05, 0) is 24.7 Å². The van der Waals surface area contributed by atoms with Gasteiger partial charge in [0.15, 0.2) is 6.29 Å². The Morgan fingerprint density at radius 3 is 2.21 bits per heavy atom. The standard InChI is InChI=1S/C17H34O7/c1-5-10(3)11(8-18)7-12(6-2)23-16-13(9-19)24-17(22-4)15(21)14(16)20/h10-21H,5-9H2,1-4H3. The van der Waals surface area contributed by atoms with E-state index in [0.29, 0.717) is 18.8 Å². The molecule has 1 aliphatic rings. The van der Waals surface area contributed by atoms with Gasteiger partial charge >= 0.3 is 0 Å². The summed E-state index contributed by atoms with van der Waals surface area (Å²) >= 11 is 0. The molecule has 0 amide bonds. The third kappa shape index (κ3) is 5.36. The fourth-order valence-corrected chi connectivity index (χ4v) is 3.11. The zero-order chi connectivity index (χ0) is 18.3. The first-order valence-electron chi connectivity index (χ1n) is 8.84. The van der Waals surface area contributed by atoms with Crippen molar-refractivity contribution in [2.45, 2.75) is 76.8 Å². The Kier molecular flexibility index (Phi) is 9.66. The second-order valence-corrected chi connectivity index (χ2v) is 6.64. The third-order valence-corrected chi connectivity index (χ3v) is 5.11. The van der Waals surface area contributed by atoms with Crippen molar-refractivity contribution in [3.8, 4) is 0 Å². The molecule has 24 heavy (non-hydrogen) atoms. The second-order valence-electron chi connectivity index (χ2n) is 6.64. The van der Waals surface area contributed by atoms with Crippen molar-refractivity contribution in [2.24, 2.45) is 11.8 Å². The minimum atomic E-state index is -1.25. The van der Waals surface area contributed by atoms with Gasteiger partial charge in [-0.25, -0.2) is 0 Å². The van der Waals surface area contributed by atoms with Crippen molar-refractivity contribution in [3.05, 3.63) is 0 Å². The number of rotatable bonds is 10. The van der Waals surface area contributed by atoms with Gasteiger partial charge in [-0.2, -0.15) is 0 Å². The van der Waals surface area contributed by atoms with Crippen LogP contribution in [0.3, 0.4) is 0 Å². The van der Waals surface area contributed by atoms with E-state index in [-0.39, 0.29) is 25.2 Å². The van der Waals surface area contributed by atoms with E-state index in [0.717, 1.165) is 6.42 Å². The molecule has 0 aromatic heterocycles. The van der Waals surface area contributed by atoms with Crippen LogP contribution in [-0.4, -0.2) is 77.6 Å². The fraction of sp³-hybridized carbons (Fsp3) is 1.00. The summed E-state index contributed by atoms with van der Waals surface area (Å²) in [5.41, 5.74) is 0. The summed E-state index contributed by atoms with van der Waals surface area (Å²) in [7, 11) is 1.36. The van der Waals surface area contributed by atoms with E-state index in [9.17, 15) is 20.4 Å². The molecule has 0 spiro atoms. The lowest BCUT2D eigenvalue weighted by atomic mass is 9.87. The largest absolute Gasteiger partial charge is 0.396 e. The molecule has 8 atom stereocenters. The summed E-state index contributed by atoms with van der Waals surface area (Å²) < 4.78 is 16.4. The zero-order valence-corrected chi connectivity index (χ0v) is 15.2. The van der Waals surface area contributed by atoms with Gasteiger partial charge in [-0.3, -0.25) is 0 Å². The van der Waals surface area contributed by atoms with Crippen molar-refractivity contribution < 1.29 is 34.6 Å². The Bertz CT molecular complexity index is 339. The summed E-state index contributed by atoms with van der Waals surface area (Å²) in [5, 5.41) is 39.5. The van der Waals surface area contributed by atoms with E-state index in [1.807, 2.05) is 6.92 Å². The lowest BCUT2D eigenvalue weighted by molar-refractivity contribution is -0.307. The summed E-state index contributed by atoms with van der Waals surface area (Å²) in [6.45, 7) is 5.87. The van der Waals surface area contributed by atoms with Gasteiger partial charge in [0, 0.05) is 13.7 Å². The number of hydrogen-bond acceptors (Lipinski definition) is 7. The maximum atomic E-state index is 10.3. The Balaban J connectivity index is 2.77. The molecule has 0 aliphatic carbocycles. The molecule has 1 saturated heterocycles. The maximum absolute atomic E-state index is 10.3. The summed E-state index contributed by atoms with van der Waals surface area (Å²) in [6, 6.07) is 0. The highest BCUT2D eigenvalue weighted by Gasteiger charge is 2.46.